The average Bonchev–Trinajstić information content (AvgIpc) is 2.62. The molecule has 0 aliphatic rings. The van der Waals surface area contributed by atoms with Crippen molar-refractivity contribution in [3.63, 3.8) is 0 Å². The minimum atomic E-state index is -5.95. The van der Waals surface area contributed by atoms with Crippen LogP contribution in [0.2, 0.25) is 0 Å². The van der Waals surface area contributed by atoms with Crippen molar-refractivity contribution >= 4 is 11.8 Å². The fraction of sp³-hybridized carbons (Fsp3) is 0.444. The molecule has 1 rings (SSSR count). The SMILES string of the molecule is NC(C(=O)O)C(O)CC/C=C/CCc1ccc(C(=O)C(F)(F)C(F)(F)F)cc1. The van der Waals surface area contributed by atoms with Gasteiger partial charge in [-0.25, -0.2) is 0 Å². The molecule has 0 aliphatic heterocycles. The van der Waals surface area contributed by atoms with E-state index in [-0.39, 0.29) is 6.42 Å². The third-order valence-corrected chi connectivity index (χ3v) is 3.95. The number of nitrogens with two attached hydrogens (primary N) is 1. The van der Waals surface area contributed by atoms with Crippen LogP contribution in [0.3, 0.4) is 0 Å². The summed E-state index contributed by atoms with van der Waals surface area (Å²) in [7, 11) is 0. The summed E-state index contributed by atoms with van der Waals surface area (Å²) >= 11 is 0. The van der Waals surface area contributed by atoms with Gasteiger partial charge < -0.3 is 15.9 Å². The normalized spacial score (nSPS) is 14.8. The van der Waals surface area contributed by atoms with E-state index < -0.39 is 41.6 Å². The molecule has 0 fully saturated rings. The van der Waals surface area contributed by atoms with Gasteiger partial charge in [-0.3, -0.25) is 9.59 Å². The topological polar surface area (TPSA) is 101 Å². The number of carbonyl (C=O) groups excluding carboxylic acids is 1. The number of carboxylic acids is 1. The van der Waals surface area contributed by atoms with Crippen molar-refractivity contribution in [1.29, 1.82) is 0 Å². The standard InChI is InChI=1S/C18H20F5NO4/c19-17(20,18(21,22)23)15(26)12-9-7-11(8-10-12)5-3-1-2-4-6-13(25)14(24)16(27)28/h1-2,7-10,13-14,25H,3-6,24H2,(H,27,28)/b2-1+. The Balaban J connectivity index is 2.50. The number of allylic oxidation sites excluding steroid dienone is 2. The van der Waals surface area contributed by atoms with E-state index >= 15 is 0 Å². The predicted molar refractivity (Wildman–Crippen MR) is 90.1 cm³/mol. The summed E-state index contributed by atoms with van der Waals surface area (Å²) in [6, 6.07) is 3.07. The number of carbonyl (C=O) groups is 2. The molecule has 0 bridgehead atoms. The van der Waals surface area contributed by atoms with Gasteiger partial charge in [0.05, 0.1) is 6.10 Å². The van der Waals surface area contributed by atoms with Gasteiger partial charge in [0.1, 0.15) is 6.04 Å². The average molecular weight is 409 g/mol. The van der Waals surface area contributed by atoms with E-state index in [1.54, 1.807) is 12.2 Å². The highest BCUT2D eigenvalue weighted by molar-refractivity contribution is 6.01. The van der Waals surface area contributed by atoms with Gasteiger partial charge in [0.2, 0.25) is 5.78 Å². The molecule has 0 aliphatic carbocycles. The van der Waals surface area contributed by atoms with Gasteiger partial charge in [0.15, 0.2) is 0 Å². The molecular formula is C18H20F5NO4. The van der Waals surface area contributed by atoms with Crippen molar-refractivity contribution in [3.05, 3.63) is 47.5 Å². The molecule has 156 valence electrons. The lowest BCUT2D eigenvalue weighted by molar-refractivity contribution is -0.255. The van der Waals surface area contributed by atoms with E-state index in [9.17, 15) is 36.6 Å². The van der Waals surface area contributed by atoms with Crippen LogP contribution in [0.1, 0.15) is 35.2 Å². The third-order valence-electron chi connectivity index (χ3n) is 3.95. The van der Waals surface area contributed by atoms with Gasteiger partial charge in [0.25, 0.3) is 0 Å². The maximum Gasteiger partial charge on any atom is 0.461 e. The van der Waals surface area contributed by atoms with Crippen molar-refractivity contribution < 1.29 is 41.8 Å². The number of hydrogen-bond acceptors (Lipinski definition) is 4. The number of halogens is 5. The molecule has 0 heterocycles. The van der Waals surface area contributed by atoms with E-state index in [2.05, 4.69) is 0 Å². The number of aliphatic carboxylic acids is 1. The van der Waals surface area contributed by atoms with Gasteiger partial charge in [-0.2, -0.15) is 22.0 Å². The monoisotopic (exact) mass is 409 g/mol. The Morgan fingerprint density at radius 1 is 1.04 bits per heavy atom. The van der Waals surface area contributed by atoms with Crippen molar-refractivity contribution in [1.82, 2.24) is 0 Å². The maximum absolute atomic E-state index is 13.0. The Morgan fingerprint density at radius 2 is 1.57 bits per heavy atom. The van der Waals surface area contributed by atoms with Gasteiger partial charge in [-0.1, -0.05) is 36.4 Å². The van der Waals surface area contributed by atoms with E-state index in [0.29, 0.717) is 24.8 Å². The van der Waals surface area contributed by atoms with Gasteiger partial charge >= 0.3 is 18.1 Å². The second-order valence-electron chi connectivity index (χ2n) is 6.12. The fourth-order valence-electron chi connectivity index (χ4n) is 2.23. The molecule has 0 spiro atoms. The lowest BCUT2D eigenvalue weighted by atomic mass is 10.0. The number of aliphatic hydroxyl groups excluding tert-OH is 1. The smallest absolute Gasteiger partial charge is 0.461 e. The Morgan fingerprint density at radius 3 is 2.07 bits per heavy atom. The van der Waals surface area contributed by atoms with Crippen molar-refractivity contribution in [2.24, 2.45) is 5.73 Å². The van der Waals surface area contributed by atoms with Gasteiger partial charge in [-0.15, -0.1) is 0 Å². The summed E-state index contributed by atoms with van der Waals surface area (Å²) in [5.74, 6) is -9.04. The van der Waals surface area contributed by atoms with E-state index in [1.165, 1.54) is 12.1 Å². The molecular weight excluding hydrogens is 389 g/mol. The summed E-state index contributed by atoms with van der Waals surface area (Å²) in [5.41, 5.74) is 5.15. The summed E-state index contributed by atoms with van der Waals surface area (Å²) in [5, 5.41) is 18.1. The second kappa shape index (κ2) is 9.74. The van der Waals surface area contributed by atoms with Crippen LogP contribution in [0.15, 0.2) is 36.4 Å². The van der Waals surface area contributed by atoms with Crippen LogP contribution in [-0.4, -0.2) is 46.2 Å². The number of ketones is 1. The number of aryl methyl sites for hydroxylation is 1. The molecule has 0 saturated heterocycles. The molecule has 4 N–H and O–H groups in total. The molecule has 5 nitrogen and oxygen atoms in total. The number of rotatable bonds is 10. The van der Waals surface area contributed by atoms with Crippen LogP contribution >= 0.6 is 0 Å². The molecule has 0 aromatic heterocycles. The Labute approximate surface area is 157 Å². The first kappa shape index (κ1) is 23.7. The molecule has 10 heteroatoms. The van der Waals surface area contributed by atoms with Crippen LogP contribution in [0.4, 0.5) is 22.0 Å². The number of alkyl halides is 5. The highest BCUT2D eigenvalue weighted by atomic mass is 19.4. The zero-order valence-electron chi connectivity index (χ0n) is 14.6. The zero-order chi connectivity index (χ0) is 21.5. The first-order valence-electron chi connectivity index (χ1n) is 8.27. The number of benzene rings is 1. The second-order valence-corrected chi connectivity index (χ2v) is 6.12. The summed E-state index contributed by atoms with van der Waals surface area (Å²) in [6.07, 6.45) is -2.17. The van der Waals surface area contributed by atoms with Crippen LogP contribution in [0, 0.1) is 0 Å². The molecule has 2 atom stereocenters. The summed E-state index contributed by atoms with van der Waals surface area (Å²) in [4.78, 5) is 21.9. The summed E-state index contributed by atoms with van der Waals surface area (Å²) < 4.78 is 62.7. The van der Waals surface area contributed by atoms with Crippen LogP contribution in [-0.2, 0) is 11.2 Å². The minimum Gasteiger partial charge on any atom is -0.480 e. The quantitative estimate of drug-likeness (QED) is 0.313. The molecule has 1 aromatic rings. The van der Waals surface area contributed by atoms with Crippen LogP contribution < -0.4 is 5.73 Å². The predicted octanol–water partition coefficient (Wildman–Crippen LogP) is 3.11. The zero-order valence-corrected chi connectivity index (χ0v) is 14.6. The van der Waals surface area contributed by atoms with Gasteiger partial charge in [-0.05, 0) is 31.2 Å². The van der Waals surface area contributed by atoms with Crippen LogP contribution in [0.25, 0.3) is 0 Å². The maximum atomic E-state index is 13.0. The molecule has 0 radical (unpaired) electrons. The Bertz CT molecular complexity index is 701. The third kappa shape index (κ3) is 6.38. The van der Waals surface area contributed by atoms with Crippen molar-refractivity contribution in [2.45, 2.75) is 49.9 Å². The largest absolute Gasteiger partial charge is 0.480 e. The first-order chi connectivity index (χ1) is 12.9. The molecule has 2 unspecified atom stereocenters. The number of Topliss-reactive ketones (excluding diaryl/α,β-unsaturated/α-hetero) is 1. The molecule has 28 heavy (non-hydrogen) atoms. The fourth-order valence-corrected chi connectivity index (χ4v) is 2.23. The van der Waals surface area contributed by atoms with Crippen molar-refractivity contribution in [3.8, 4) is 0 Å². The van der Waals surface area contributed by atoms with Gasteiger partial charge in [0, 0.05) is 5.56 Å². The lowest BCUT2D eigenvalue weighted by Gasteiger charge is -2.18. The lowest BCUT2D eigenvalue weighted by Crippen LogP contribution is -2.44. The van der Waals surface area contributed by atoms with E-state index in [1.807, 2.05) is 0 Å². The first-order valence-corrected chi connectivity index (χ1v) is 8.27. The summed E-state index contributed by atoms with van der Waals surface area (Å²) in [6.45, 7) is 0. The number of aliphatic hydroxyl groups is 1. The molecule has 0 amide bonds. The Kier molecular flexibility index (Phi) is 8.25. The number of hydrogen-bond donors (Lipinski definition) is 3. The van der Waals surface area contributed by atoms with Crippen molar-refractivity contribution in [2.75, 3.05) is 0 Å². The highest BCUT2D eigenvalue weighted by Crippen LogP contribution is 2.37. The highest BCUT2D eigenvalue weighted by Gasteiger charge is 2.63. The number of carboxylic acid groups (broad SMARTS) is 1. The van der Waals surface area contributed by atoms with E-state index in [4.69, 9.17) is 10.8 Å². The molecule has 0 saturated carbocycles. The minimum absolute atomic E-state index is 0.161. The molecule has 1 aromatic carbocycles. The van der Waals surface area contributed by atoms with E-state index in [0.717, 1.165) is 12.1 Å². The van der Waals surface area contributed by atoms with Crippen LogP contribution in [0.5, 0.6) is 0 Å². The Hall–Kier alpha value is -2.33.